The molecule has 130 valence electrons. The van der Waals surface area contributed by atoms with Gasteiger partial charge in [-0.05, 0) is 25.0 Å². The third-order valence-electron chi connectivity index (χ3n) is 4.41. The van der Waals surface area contributed by atoms with Gasteiger partial charge in [-0.25, -0.2) is 4.79 Å². The maximum Gasteiger partial charge on any atom is 0.314 e. The quantitative estimate of drug-likeness (QED) is 0.818. The van der Waals surface area contributed by atoms with Gasteiger partial charge in [0.05, 0.1) is 31.4 Å². The summed E-state index contributed by atoms with van der Waals surface area (Å²) in [6.45, 7) is 2.20. The first-order chi connectivity index (χ1) is 11.6. The number of rotatable bonds is 3. The Bertz CT molecular complexity index is 597. The van der Waals surface area contributed by atoms with Crippen LogP contribution in [0, 0.1) is 0 Å². The Balaban J connectivity index is 1.55. The summed E-state index contributed by atoms with van der Waals surface area (Å²) in [6, 6.07) is 2.97. The van der Waals surface area contributed by atoms with Gasteiger partial charge in [0, 0.05) is 25.5 Å². The van der Waals surface area contributed by atoms with Crippen molar-refractivity contribution < 1.29 is 19.1 Å². The molecule has 2 saturated heterocycles. The van der Waals surface area contributed by atoms with E-state index in [1.54, 1.807) is 23.2 Å². The summed E-state index contributed by atoms with van der Waals surface area (Å²) < 4.78 is 11.7. The first-order valence-electron chi connectivity index (χ1n) is 8.06. The normalized spacial score (nSPS) is 27.0. The number of urea groups is 1. The summed E-state index contributed by atoms with van der Waals surface area (Å²) >= 11 is 0. The van der Waals surface area contributed by atoms with Gasteiger partial charge in [0.1, 0.15) is 5.60 Å². The van der Waals surface area contributed by atoms with E-state index in [2.05, 4.69) is 10.3 Å². The Morgan fingerprint density at radius 1 is 1.50 bits per heavy atom. The number of pyridine rings is 1. The van der Waals surface area contributed by atoms with E-state index < -0.39 is 11.6 Å². The van der Waals surface area contributed by atoms with Gasteiger partial charge in [-0.15, -0.1) is 0 Å². The molecule has 2 aliphatic rings. The van der Waals surface area contributed by atoms with Gasteiger partial charge in [-0.3, -0.25) is 9.78 Å². The number of nitrogens with one attached hydrogen (secondary N) is 1. The van der Waals surface area contributed by atoms with Gasteiger partial charge >= 0.3 is 6.03 Å². The van der Waals surface area contributed by atoms with E-state index in [9.17, 15) is 9.59 Å². The number of ether oxygens (including phenoxy) is 2. The predicted molar refractivity (Wildman–Crippen MR) is 85.4 cm³/mol. The van der Waals surface area contributed by atoms with Gasteiger partial charge in [0.2, 0.25) is 0 Å². The van der Waals surface area contributed by atoms with Crippen LogP contribution < -0.4 is 11.1 Å². The summed E-state index contributed by atoms with van der Waals surface area (Å²) in [7, 11) is 0. The topological polar surface area (TPSA) is 107 Å². The van der Waals surface area contributed by atoms with Crippen molar-refractivity contribution in [2.75, 3.05) is 32.8 Å². The van der Waals surface area contributed by atoms with Crippen LogP contribution in [0.15, 0.2) is 24.5 Å². The highest BCUT2D eigenvalue weighted by molar-refractivity contribution is 5.93. The van der Waals surface area contributed by atoms with Gasteiger partial charge < -0.3 is 25.4 Å². The van der Waals surface area contributed by atoms with E-state index >= 15 is 0 Å². The second-order valence-corrected chi connectivity index (χ2v) is 6.23. The Morgan fingerprint density at radius 3 is 3.12 bits per heavy atom. The van der Waals surface area contributed by atoms with Crippen LogP contribution in [0.2, 0.25) is 0 Å². The molecule has 3 amide bonds. The number of carbonyl (C=O) groups is 2. The summed E-state index contributed by atoms with van der Waals surface area (Å²) in [5, 5.41) is 2.86. The minimum Gasteiger partial charge on any atom is -0.377 e. The Labute approximate surface area is 140 Å². The fraction of sp³-hybridized carbons (Fsp3) is 0.562. The minimum absolute atomic E-state index is 0.109. The van der Waals surface area contributed by atoms with Crippen molar-refractivity contribution in [1.29, 1.82) is 0 Å². The smallest absolute Gasteiger partial charge is 0.314 e. The zero-order valence-electron chi connectivity index (χ0n) is 13.4. The molecule has 1 aromatic heterocycles. The molecule has 0 aliphatic carbocycles. The average molecular weight is 334 g/mol. The number of amides is 3. The van der Waals surface area contributed by atoms with Crippen LogP contribution in [0.1, 0.15) is 23.2 Å². The van der Waals surface area contributed by atoms with Crippen molar-refractivity contribution in [2.45, 2.75) is 24.5 Å². The van der Waals surface area contributed by atoms with E-state index in [4.69, 9.17) is 15.2 Å². The van der Waals surface area contributed by atoms with Crippen LogP contribution in [-0.4, -0.2) is 66.4 Å². The van der Waals surface area contributed by atoms with Gasteiger partial charge in [-0.2, -0.15) is 0 Å². The lowest BCUT2D eigenvalue weighted by molar-refractivity contribution is -0.0817. The number of hydrogen-bond acceptors (Lipinski definition) is 5. The van der Waals surface area contributed by atoms with Crippen LogP contribution in [0.4, 0.5) is 4.79 Å². The standard InChI is InChI=1S/C16H22N4O4/c17-15(22)20-6-7-23-11-16(10-20)4-3-13(24-16)9-19-14(21)12-2-1-5-18-8-12/h1-2,5,8,13H,3-4,6-7,9-11H2,(H2,17,22)(H,19,21)/t13-,16-/m0/s1. The van der Waals surface area contributed by atoms with Gasteiger partial charge in [0.25, 0.3) is 5.91 Å². The van der Waals surface area contributed by atoms with E-state index in [0.29, 0.717) is 38.4 Å². The van der Waals surface area contributed by atoms with Crippen molar-refractivity contribution in [2.24, 2.45) is 5.73 Å². The Kier molecular flexibility index (Phi) is 4.96. The highest BCUT2D eigenvalue weighted by Gasteiger charge is 2.43. The van der Waals surface area contributed by atoms with Gasteiger partial charge in [-0.1, -0.05) is 0 Å². The molecular formula is C16H22N4O4. The molecule has 1 aromatic rings. The lowest BCUT2D eigenvalue weighted by Crippen LogP contribution is -2.48. The molecule has 8 heteroatoms. The fourth-order valence-electron chi connectivity index (χ4n) is 3.16. The van der Waals surface area contributed by atoms with Crippen LogP contribution in [0.25, 0.3) is 0 Å². The third kappa shape index (κ3) is 3.82. The van der Waals surface area contributed by atoms with Crippen molar-refractivity contribution in [3.63, 3.8) is 0 Å². The molecule has 1 spiro atoms. The molecule has 3 N–H and O–H groups in total. The summed E-state index contributed by atoms with van der Waals surface area (Å²) in [6.07, 6.45) is 4.60. The van der Waals surface area contributed by atoms with Crippen molar-refractivity contribution in [3.05, 3.63) is 30.1 Å². The maximum absolute atomic E-state index is 12.1. The summed E-state index contributed by atoms with van der Waals surface area (Å²) in [4.78, 5) is 29.0. The lowest BCUT2D eigenvalue weighted by Gasteiger charge is -2.31. The summed E-state index contributed by atoms with van der Waals surface area (Å²) in [5.41, 5.74) is 5.38. The molecule has 0 saturated carbocycles. The molecule has 2 atom stereocenters. The van der Waals surface area contributed by atoms with Gasteiger partial charge in [0.15, 0.2) is 0 Å². The first-order valence-corrected chi connectivity index (χ1v) is 8.06. The molecule has 0 unspecified atom stereocenters. The van der Waals surface area contributed by atoms with Crippen molar-refractivity contribution in [3.8, 4) is 0 Å². The lowest BCUT2D eigenvalue weighted by atomic mass is 10.0. The fourth-order valence-corrected chi connectivity index (χ4v) is 3.16. The molecule has 0 aromatic carbocycles. The Morgan fingerprint density at radius 2 is 2.38 bits per heavy atom. The number of carbonyl (C=O) groups excluding carboxylic acids is 2. The highest BCUT2D eigenvalue weighted by atomic mass is 16.6. The molecule has 8 nitrogen and oxygen atoms in total. The minimum atomic E-state index is -0.533. The molecule has 0 radical (unpaired) electrons. The second-order valence-electron chi connectivity index (χ2n) is 6.23. The first kappa shape index (κ1) is 16.7. The molecule has 2 aliphatic heterocycles. The van der Waals surface area contributed by atoms with E-state index in [-0.39, 0.29) is 12.0 Å². The SMILES string of the molecule is NC(=O)N1CCOC[C@]2(CC[C@@H](CNC(=O)c3cccnc3)O2)C1. The average Bonchev–Trinajstić information content (AvgIpc) is 2.86. The van der Waals surface area contributed by atoms with Crippen LogP contribution >= 0.6 is 0 Å². The number of hydrogen-bond donors (Lipinski definition) is 2. The third-order valence-corrected chi connectivity index (χ3v) is 4.41. The molecular weight excluding hydrogens is 312 g/mol. The highest BCUT2D eigenvalue weighted by Crippen LogP contribution is 2.32. The van der Waals surface area contributed by atoms with E-state index in [0.717, 1.165) is 12.8 Å². The molecule has 2 fully saturated rings. The monoisotopic (exact) mass is 334 g/mol. The second kappa shape index (κ2) is 7.14. The number of nitrogens with zero attached hydrogens (tertiary/aromatic N) is 2. The molecule has 24 heavy (non-hydrogen) atoms. The maximum atomic E-state index is 12.1. The molecule has 0 bridgehead atoms. The largest absolute Gasteiger partial charge is 0.377 e. The number of primary amides is 1. The van der Waals surface area contributed by atoms with Crippen LogP contribution in [-0.2, 0) is 9.47 Å². The molecule has 3 heterocycles. The number of aromatic nitrogens is 1. The van der Waals surface area contributed by atoms with E-state index in [1.165, 1.54) is 6.20 Å². The zero-order valence-corrected chi connectivity index (χ0v) is 13.4. The van der Waals surface area contributed by atoms with Crippen molar-refractivity contribution >= 4 is 11.9 Å². The predicted octanol–water partition coefficient (Wildman–Crippen LogP) is 0.140. The molecule has 3 rings (SSSR count). The number of nitrogens with two attached hydrogens (primary N) is 1. The summed E-state index contributed by atoms with van der Waals surface area (Å²) in [5.74, 6) is -0.177. The zero-order chi connectivity index (χ0) is 17.0. The Hall–Kier alpha value is -2.19. The van der Waals surface area contributed by atoms with Crippen LogP contribution in [0.5, 0.6) is 0 Å². The van der Waals surface area contributed by atoms with Crippen LogP contribution in [0.3, 0.4) is 0 Å². The van der Waals surface area contributed by atoms with E-state index in [1.807, 2.05) is 0 Å². The van der Waals surface area contributed by atoms with Crippen molar-refractivity contribution in [1.82, 2.24) is 15.2 Å².